The minimum absolute atomic E-state index is 0.114. The second-order valence-corrected chi connectivity index (χ2v) is 16.2. The van der Waals surface area contributed by atoms with E-state index in [2.05, 4.69) is 58.3 Å². The topological polar surface area (TPSA) is 97.4 Å². The molecule has 10 heteroatoms. The second kappa shape index (κ2) is 20.4. The van der Waals surface area contributed by atoms with Gasteiger partial charge in [-0.05, 0) is 102 Å². The van der Waals surface area contributed by atoms with Gasteiger partial charge in [-0.3, -0.25) is 9.59 Å². The third kappa shape index (κ3) is 14.2. The number of fused-ring (bicyclic) bond motifs is 1. The highest BCUT2D eigenvalue weighted by atomic mass is 127. The number of benzene rings is 4. The van der Waals surface area contributed by atoms with Gasteiger partial charge in [0.05, 0.1) is 21.2 Å². The van der Waals surface area contributed by atoms with Gasteiger partial charge in [-0.15, -0.1) is 0 Å². The van der Waals surface area contributed by atoms with Gasteiger partial charge in [0.2, 0.25) is 0 Å². The van der Waals surface area contributed by atoms with E-state index in [0.717, 1.165) is 47.0 Å². The van der Waals surface area contributed by atoms with Gasteiger partial charge in [0.25, 0.3) is 0 Å². The number of hydrogen-bond acceptors (Lipinski definition) is 8. The van der Waals surface area contributed by atoms with Crippen molar-refractivity contribution in [1.82, 2.24) is 0 Å². The predicted octanol–water partition coefficient (Wildman–Crippen LogP) is 9.01. The molecule has 0 spiro atoms. The fourth-order valence-corrected chi connectivity index (χ4v) is 3.68. The average molecular weight is 865 g/mol. The number of hydrogen-bond donors (Lipinski definition) is 0. The van der Waals surface area contributed by atoms with Crippen molar-refractivity contribution in [3.63, 3.8) is 0 Å². The van der Waals surface area contributed by atoms with Crippen molar-refractivity contribution < 1.29 is 38.1 Å². The van der Waals surface area contributed by atoms with E-state index in [9.17, 15) is 14.4 Å². The second-order valence-electron chi connectivity index (χ2n) is 9.82. The summed E-state index contributed by atoms with van der Waals surface area (Å²) in [5, 5.41) is 1.93. The lowest BCUT2D eigenvalue weighted by Crippen LogP contribution is -2.09. The summed E-state index contributed by atoms with van der Waals surface area (Å²) in [6, 6.07) is 25.4. The van der Waals surface area contributed by atoms with Crippen molar-refractivity contribution in [3.05, 3.63) is 115 Å². The molecule has 0 bridgehead atoms. The number of esters is 1. The Kier molecular flexibility index (Phi) is 17.0. The van der Waals surface area contributed by atoms with Crippen LogP contribution in [0.2, 0.25) is 0 Å². The highest BCUT2D eigenvalue weighted by Gasteiger charge is 2.17. The van der Waals surface area contributed by atoms with Crippen LogP contribution < -0.4 is 23.7 Å². The van der Waals surface area contributed by atoms with E-state index in [-0.39, 0.29) is 1.43 Å². The molecule has 0 N–H and O–H groups in total. The number of ether oxygens (including phenoxy) is 5. The van der Waals surface area contributed by atoms with Crippen molar-refractivity contribution >= 4 is 74.5 Å². The molecule has 0 aliphatic carbocycles. The van der Waals surface area contributed by atoms with E-state index in [0.29, 0.717) is 41.4 Å². The summed E-state index contributed by atoms with van der Waals surface area (Å²) >= 11 is 4.32. The average Bonchev–Trinajstić information content (AvgIpc) is 3.09. The number of allylic oxidation sites excluding steroid dienone is 2. The Morgan fingerprint density at radius 2 is 1.17 bits per heavy atom. The lowest BCUT2D eigenvalue weighted by molar-refractivity contribution is -0.105. The molecule has 4 rings (SSSR count). The van der Waals surface area contributed by atoms with Crippen LogP contribution in [0, 0.1) is 0 Å². The van der Waals surface area contributed by atoms with Gasteiger partial charge in [-0.1, -0.05) is 77.4 Å². The summed E-state index contributed by atoms with van der Waals surface area (Å²) < 4.78 is 27.1. The molecule has 0 atom stereocenters. The largest absolute Gasteiger partial charge is 0.497 e. The maximum Gasteiger partial charge on any atom is 0.343 e. The van der Waals surface area contributed by atoms with Crippen molar-refractivity contribution in [3.8, 4) is 28.7 Å². The van der Waals surface area contributed by atoms with Crippen LogP contribution in [-0.4, -0.2) is 47.4 Å². The zero-order chi connectivity index (χ0) is 34.8. The van der Waals surface area contributed by atoms with Gasteiger partial charge in [0.15, 0.2) is 0 Å². The third-order valence-corrected chi connectivity index (χ3v) is 7.71. The summed E-state index contributed by atoms with van der Waals surface area (Å²) in [6.07, 6.45) is 2.34. The van der Waals surface area contributed by atoms with Crippen molar-refractivity contribution in [1.29, 1.82) is 0 Å². The molecular formula is C37H38I2O8. The Morgan fingerprint density at radius 3 is 1.60 bits per heavy atom. The number of methoxy groups -OCH3 is 2. The van der Waals surface area contributed by atoms with Crippen molar-refractivity contribution in [2.24, 2.45) is 0 Å². The summed E-state index contributed by atoms with van der Waals surface area (Å²) in [5.74, 6) is 2.97. The summed E-state index contributed by atoms with van der Waals surface area (Å²) in [6.45, 7) is 11.6. The highest BCUT2D eigenvalue weighted by Crippen LogP contribution is 2.32. The van der Waals surface area contributed by atoms with Crippen LogP contribution in [0.5, 0.6) is 28.7 Å². The Morgan fingerprint density at radius 1 is 0.702 bits per heavy atom. The third-order valence-electron chi connectivity index (χ3n) is 6.32. The Bertz CT molecular complexity index is 1630. The van der Waals surface area contributed by atoms with Crippen LogP contribution in [0.25, 0.3) is 10.8 Å². The van der Waals surface area contributed by atoms with Crippen molar-refractivity contribution in [2.45, 2.75) is 21.7 Å². The summed E-state index contributed by atoms with van der Waals surface area (Å²) in [4.78, 5) is 32.2. The van der Waals surface area contributed by atoms with E-state index in [4.69, 9.17) is 23.7 Å². The fourth-order valence-electron chi connectivity index (χ4n) is 3.43. The molecule has 0 amide bonds. The van der Waals surface area contributed by atoms with Gasteiger partial charge in [-0.2, -0.15) is 0 Å². The zero-order valence-corrected chi connectivity index (χ0v) is 31.1. The molecule has 0 unspecified atom stereocenters. The Labute approximate surface area is 303 Å². The smallest absolute Gasteiger partial charge is 0.343 e. The maximum absolute atomic E-state index is 12.5. The standard InChI is InChI=1S/C27H24O6.C5H6I2O.C5H8O/c1-29-22-7-9-23(10-8-22)31-15-16-32-24-11-13-25(14-12-24)33-27(28)21-4-3-20-18-26(30-2)6-5-19(20)17-21;1-4(3-8)5(2,6)7;1-3-5(2)4-6/h3-14,17-18H,15-16H2,1-2H3;3H,1H2,2H3;4H,2-3H2,1H3. The van der Waals surface area contributed by atoms with Crippen LogP contribution in [0.15, 0.2) is 109 Å². The number of rotatable bonds is 13. The molecular weight excluding hydrogens is 826 g/mol. The number of aldehydes is 2. The molecule has 0 radical (unpaired) electrons. The first-order valence-corrected chi connectivity index (χ1v) is 16.5. The molecule has 8 nitrogen and oxygen atoms in total. The minimum Gasteiger partial charge on any atom is -0.497 e. The molecule has 0 aliphatic heterocycles. The first-order chi connectivity index (χ1) is 22.4. The summed E-state index contributed by atoms with van der Waals surface area (Å²) in [7, 11) is 3.25. The van der Waals surface area contributed by atoms with Crippen LogP contribution in [0.3, 0.4) is 0 Å². The van der Waals surface area contributed by atoms with E-state index in [1.807, 2.05) is 62.4 Å². The molecule has 47 heavy (non-hydrogen) atoms. The van der Waals surface area contributed by atoms with E-state index in [1.54, 1.807) is 50.6 Å². The molecule has 4 aromatic carbocycles. The van der Waals surface area contributed by atoms with E-state index < -0.39 is 5.97 Å². The van der Waals surface area contributed by atoms with Gasteiger partial charge in [0, 0.05) is 5.57 Å². The Balaban J connectivity index is 0.000000460. The van der Waals surface area contributed by atoms with Gasteiger partial charge >= 0.3 is 5.97 Å². The normalized spacial score (nSPS) is 10.2. The molecule has 0 saturated heterocycles. The first kappa shape index (κ1) is 39.3. The molecule has 4 aromatic rings. The number of carbonyl (C=O) groups is 3. The molecule has 0 heterocycles. The molecule has 0 saturated carbocycles. The first-order valence-electron chi connectivity index (χ1n) is 14.4. The monoisotopic (exact) mass is 864 g/mol. The van der Waals surface area contributed by atoms with Crippen LogP contribution in [0.4, 0.5) is 0 Å². The maximum atomic E-state index is 12.5. The highest BCUT2D eigenvalue weighted by molar-refractivity contribution is 14.2. The zero-order valence-electron chi connectivity index (χ0n) is 26.8. The minimum atomic E-state index is -0.422. The Hall–Kier alpha value is -3.91. The predicted molar refractivity (Wildman–Crippen MR) is 203 cm³/mol. The molecule has 0 aliphatic rings. The van der Waals surface area contributed by atoms with Crippen LogP contribution in [0.1, 0.15) is 30.6 Å². The van der Waals surface area contributed by atoms with Crippen molar-refractivity contribution in [2.75, 3.05) is 27.4 Å². The van der Waals surface area contributed by atoms with E-state index in [1.165, 1.54) is 0 Å². The van der Waals surface area contributed by atoms with E-state index >= 15 is 0 Å². The number of halogens is 2. The van der Waals surface area contributed by atoms with Crippen LogP contribution in [-0.2, 0) is 9.59 Å². The van der Waals surface area contributed by atoms with Gasteiger partial charge < -0.3 is 23.7 Å². The molecule has 0 aromatic heterocycles. The molecule has 248 valence electrons. The summed E-state index contributed by atoms with van der Waals surface area (Å²) in [5.41, 5.74) is 1.76. The number of carbonyl (C=O) groups excluding carboxylic acids is 3. The SMILES string of the molecule is C=C(C=O)C(C)(I)I.C=C(C=O)CC.COc1ccc(OCCOc2ccc(OC(=O)c3ccc4cc(OC)ccc4c3)cc2)cc1. The fraction of sp³-hybridized carbons (Fsp3) is 0.216. The number of alkyl halides is 2. The van der Waals surface area contributed by atoms with Gasteiger partial charge in [0.1, 0.15) is 54.5 Å². The lowest BCUT2D eigenvalue weighted by atomic mass is 10.1. The van der Waals surface area contributed by atoms with Gasteiger partial charge in [-0.25, -0.2) is 4.79 Å². The van der Waals surface area contributed by atoms with Crippen LogP contribution >= 0.6 is 45.2 Å². The quantitative estimate of drug-likeness (QED) is 0.0250. The lowest BCUT2D eigenvalue weighted by Gasteiger charge is -2.10. The molecule has 0 fully saturated rings.